The molecule has 9 heteroatoms. The van der Waals surface area contributed by atoms with E-state index in [0.717, 1.165) is 44.6 Å². The van der Waals surface area contributed by atoms with E-state index in [1.807, 2.05) is 26.0 Å². The van der Waals surface area contributed by atoms with Crippen molar-refractivity contribution < 1.29 is 18.7 Å². The van der Waals surface area contributed by atoms with Crippen LogP contribution in [0, 0.1) is 5.92 Å². The van der Waals surface area contributed by atoms with E-state index in [1.54, 1.807) is 30.3 Å². The molecule has 202 valence electrons. The first-order valence-corrected chi connectivity index (χ1v) is 13.7. The molecule has 1 saturated heterocycles. The summed E-state index contributed by atoms with van der Waals surface area (Å²) in [6, 6.07) is 16.2. The van der Waals surface area contributed by atoms with Crippen LogP contribution in [0.4, 0.5) is 5.69 Å². The van der Waals surface area contributed by atoms with Gasteiger partial charge in [0.15, 0.2) is 5.76 Å². The van der Waals surface area contributed by atoms with Crippen LogP contribution in [0.2, 0.25) is 10.0 Å². The normalized spacial score (nSPS) is 14.4. The number of piperidine rings is 1. The Kier molecular flexibility index (Phi) is 9.72. The summed E-state index contributed by atoms with van der Waals surface area (Å²) >= 11 is 12.0. The van der Waals surface area contributed by atoms with Crippen LogP contribution in [0.1, 0.15) is 55.1 Å². The lowest BCUT2D eigenvalue weighted by Gasteiger charge is -2.32. The predicted octanol–water partition coefficient (Wildman–Crippen LogP) is 6.97. The van der Waals surface area contributed by atoms with Crippen LogP contribution in [-0.2, 0) is 4.79 Å². The Labute approximate surface area is 233 Å². The van der Waals surface area contributed by atoms with Crippen LogP contribution in [-0.4, -0.2) is 42.9 Å². The zero-order valence-electron chi connectivity index (χ0n) is 21.6. The minimum absolute atomic E-state index is 0.0350. The molecule has 2 aromatic carbocycles. The number of benzene rings is 2. The van der Waals surface area contributed by atoms with E-state index in [2.05, 4.69) is 27.7 Å². The fraction of sp³-hybridized carbons (Fsp3) is 0.379. The number of hydrogen-bond acceptors (Lipinski definition) is 5. The number of likely N-dealkylation sites (tertiary alicyclic amines) is 1. The van der Waals surface area contributed by atoms with Gasteiger partial charge in [0.2, 0.25) is 5.91 Å². The zero-order chi connectivity index (χ0) is 27.1. The SMILES string of the molecule is CC(C)C(=O)Nc1cccc(C2CCN(CCCNC(=O)c3ccc(Oc4cc(Cl)cc(Cl)c4)o3)CC2)c1. The second-order valence-electron chi connectivity index (χ2n) is 9.82. The fourth-order valence-corrected chi connectivity index (χ4v) is 4.95. The molecule has 0 radical (unpaired) electrons. The molecule has 1 aromatic heterocycles. The Balaban J connectivity index is 1.16. The molecule has 0 spiro atoms. The van der Waals surface area contributed by atoms with Crippen LogP contribution in [0.3, 0.4) is 0 Å². The van der Waals surface area contributed by atoms with Crippen LogP contribution >= 0.6 is 23.2 Å². The van der Waals surface area contributed by atoms with Gasteiger partial charge in [0, 0.05) is 34.3 Å². The minimum atomic E-state index is -0.285. The average molecular weight is 559 g/mol. The Morgan fingerprint density at radius 2 is 1.79 bits per heavy atom. The topological polar surface area (TPSA) is 83.8 Å². The largest absolute Gasteiger partial charge is 0.426 e. The number of carbonyl (C=O) groups is 2. The van der Waals surface area contributed by atoms with Crippen LogP contribution < -0.4 is 15.4 Å². The van der Waals surface area contributed by atoms with Crippen molar-refractivity contribution in [1.82, 2.24) is 10.2 Å². The van der Waals surface area contributed by atoms with E-state index in [1.165, 1.54) is 5.56 Å². The molecular formula is C29H33Cl2N3O4. The molecule has 0 unspecified atom stereocenters. The Hall–Kier alpha value is -3.00. The van der Waals surface area contributed by atoms with Crippen molar-refractivity contribution in [3.05, 3.63) is 76.0 Å². The van der Waals surface area contributed by atoms with Gasteiger partial charge in [-0.05, 0) is 86.8 Å². The molecule has 1 fully saturated rings. The smallest absolute Gasteiger partial charge is 0.290 e. The Morgan fingerprint density at radius 3 is 2.50 bits per heavy atom. The number of furan rings is 1. The van der Waals surface area contributed by atoms with Gasteiger partial charge in [-0.25, -0.2) is 0 Å². The first kappa shape index (κ1) is 28.0. The lowest BCUT2D eigenvalue weighted by atomic mass is 9.89. The molecule has 4 rings (SSSR count). The number of rotatable bonds is 10. The highest BCUT2D eigenvalue weighted by atomic mass is 35.5. The van der Waals surface area contributed by atoms with Gasteiger partial charge in [-0.2, -0.15) is 0 Å². The maximum absolute atomic E-state index is 12.5. The van der Waals surface area contributed by atoms with Crippen LogP contribution in [0.5, 0.6) is 11.7 Å². The van der Waals surface area contributed by atoms with Gasteiger partial charge in [-0.15, -0.1) is 0 Å². The first-order valence-electron chi connectivity index (χ1n) is 12.9. The molecule has 2 heterocycles. The molecule has 0 saturated carbocycles. The Morgan fingerprint density at radius 1 is 1.05 bits per heavy atom. The predicted molar refractivity (Wildman–Crippen MR) is 151 cm³/mol. The summed E-state index contributed by atoms with van der Waals surface area (Å²) in [5, 5.41) is 6.79. The second-order valence-corrected chi connectivity index (χ2v) is 10.7. The van der Waals surface area contributed by atoms with Crippen molar-refractivity contribution in [2.75, 3.05) is 31.5 Å². The highest BCUT2D eigenvalue weighted by Crippen LogP contribution is 2.31. The maximum Gasteiger partial charge on any atom is 0.290 e. The lowest BCUT2D eigenvalue weighted by molar-refractivity contribution is -0.118. The van der Waals surface area contributed by atoms with Crippen molar-refractivity contribution >= 4 is 40.7 Å². The number of nitrogens with zero attached hydrogens (tertiary/aromatic N) is 1. The van der Waals surface area contributed by atoms with E-state index >= 15 is 0 Å². The third-order valence-electron chi connectivity index (χ3n) is 6.53. The molecule has 7 nitrogen and oxygen atoms in total. The Bertz CT molecular complexity index is 1230. The van der Waals surface area contributed by atoms with Gasteiger partial charge < -0.3 is 24.7 Å². The van der Waals surface area contributed by atoms with E-state index in [4.69, 9.17) is 32.4 Å². The molecule has 3 aromatic rings. The quantitative estimate of drug-likeness (QED) is 0.263. The summed E-state index contributed by atoms with van der Waals surface area (Å²) in [7, 11) is 0. The molecule has 38 heavy (non-hydrogen) atoms. The molecular weight excluding hydrogens is 525 g/mol. The summed E-state index contributed by atoms with van der Waals surface area (Å²) in [6.45, 7) is 7.27. The number of halogens is 2. The highest BCUT2D eigenvalue weighted by molar-refractivity contribution is 6.34. The van der Waals surface area contributed by atoms with Crippen molar-refractivity contribution in [3.63, 3.8) is 0 Å². The maximum atomic E-state index is 12.5. The zero-order valence-corrected chi connectivity index (χ0v) is 23.1. The minimum Gasteiger partial charge on any atom is -0.426 e. The fourth-order valence-electron chi connectivity index (χ4n) is 4.44. The lowest BCUT2D eigenvalue weighted by Crippen LogP contribution is -2.35. The molecule has 0 aliphatic carbocycles. The summed E-state index contributed by atoms with van der Waals surface area (Å²) < 4.78 is 11.1. The van der Waals surface area contributed by atoms with Crippen molar-refractivity contribution in [3.8, 4) is 11.7 Å². The van der Waals surface area contributed by atoms with E-state index < -0.39 is 0 Å². The van der Waals surface area contributed by atoms with Crippen molar-refractivity contribution in [2.24, 2.45) is 5.92 Å². The summed E-state index contributed by atoms with van der Waals surface area (Å²) in [4.78, 5) is 26.9. The van der Waals surface area contributed by atoms with Crippen molar-refractivity contribution in [2.45, 2.75) is 39.0 Å². The monoisotopic (exact) mass is 557 g/mol. The molecule has 1 aliphatic heterocycles. The van der Waals surface area contributed by atoms with E-state index in [-0.39, 0.29) is 29.4 Å². The van der Waals surface area contributed by atoms with Crippen molar-refractivity contribution in [1.29, 1.82) is 0 Å². The molecule has 2 N–H and O–H groups in total. The molecule has 2 amide bonds. The van der Waals surface area contributed by atoms with Gasteiger partial charge in [0.05, 0.1) is 0 Å². The summed E-state index contributed by atoms with van der Waals surface area (Å²) in [5.74, 6) is 0.986. The molecule has 0 bridgehead atoms. The van der Waals surface area contributed by atoms with Gasteiger partial charge in [0.25, 0.3) is 11.9 Å². The number of nitrogens with one attached hydrogen (secondary N) is 2. The van der Waals surface area contributed by atoms with Crippen LogP contribution in [0.25, 0.3) is 0 Å². The molecule has 1 aliphatic rings. The van der Waals surface area contributed by atoms with E-state index in [9.17, 15) is 9.59 Å². The third kappa shape index (κ3) is 8.00. The summed E-state index contributed by atoms with van der Waals surface area (Å²) in [5.41, 5.74) is 2.14. The number of carbonyl (C=O) groups excluding carboxylic acids is 2. The second kappa shape index (κ2) is 13.2. The number of amides is 2. The number of anilines is 1. The average Bonchev–Trinajstić information content (AvgIpc) is 3.35. The van der Waals surface area contributed by atoms with Gasteiger partial charge >= 0.3 is 0 Å². The van der Waals surface area contributed by atoms with E-state index in [0.29, 0.717) is 28.3 Å². The van der Waals surface area contributed by atoms with Crippen LogP contribution in [0.15, 0.2) is 59.0 Å². The number of hydrogen-bond donors (Lipinski definition) is 2. The number of ether oxygens (including phenoxy) is 1. The highest BCUT2D eigenvalue weighted by Gasteiger charge is 2.21. The standard InChI is InChI=1S/C29H33Cl2N3O4/c1-19(2)28(35)33-24-6-3-5-21(15-24)20-9-13-34(14-10-20)12-4-11-32-29(36)26-7-8-27(38-26)37-25-17-22(30)16-23(31)18-25/h3,5-8,15-20H,4,9-14H2,1-2H3,(H,32,36)(H,33,35). The van der Waals surface area contributed by atoms with Gasteiger partial charge in [-0.1, -0.05) is 49.2 Å². The summed E-state index contributed by atoms with van der Waals surface area (Å²) in [6.07, 6.45) is 2.99. The van der Waals surface area contributed by atoms with Gasteiger partial charge in [-0.3, -0.25) is 9.59 Å². The third-order valence-corrected chi connectivity index (χ3v) is 6.97. The first-order chi connectivity index (χ1) is 18.3. The molecule has 0 atom stereocenters. The van der Waals surface area contributed by atoms with Gasteiger partial charge in [0.1, 0.15) is 5.75 Å².